The SMILES string of the molecule is CCC(C#N)Sc1ccc(F)c(C)c1. The molecule has 0 radical (unpaired) electrons. The molecule has 0 bridgehead atoms. The number of thioether (sulfide) groups is 1. The Balaban J connectivity index is 2.78. The maximum atomic E-state index is 12.9. The molecule has 1 atom stereocenters. The summed E-state index contributed by atoms with van der Waals surface area (Å²) in [6.07, 6.45) is 0.803. The third-order valence-electron chi connectivity index (χ3n) is 1.92. The zero-order chi connectivity index (χ0) is 10.6. The number of nitrogens with zero attached hydrogens (tertiary/aromatic N) is 1. The molecule has 0 heterocycles. The second-order valence-electron chi connectivity index (χ2n) is 3.05. The van der Waals surface area contributed by atoms with Crippen molar-refractivity contribution in [3.63, 3.8) is 0 Å². The second kappa shape index (κ2) is 5.02. The molecule has 74 valence electrons. The summed E-state index contributed by atoms with van der Waals surface area (Å²) in [5.74, 6) is -0.195. The molecule has 0 aliphatic rings. The first-order chi connectivity index (χ1) is 6.67. The van der Waals surface area contributed by atoms with Gasteiger partial charge >= 0.3 is 0 Å². The number of rotatable bonds is 3. The van der Waals surface area contributed by atoms with Gasteiger partial charge in [0, 0.05) is 4.90 Å². The number of benzene rings is 1. The summed E-state index contributed by atoms with van der Waals surface area (Å²) in [5, 5.41) is 8.72. The van der Waals surface area contributed by atoms with Crippen LogP contribution in [0.1, 0.15) is 18.9 Å². The van der Waals surface area contributed by atoms with Gasteiger partial charge in [-0.25, -0.2) is 4.39 Å². The molecule has 0 saturated carbocycles. The third-order valence-corrected chi connectivity index (χ3v) is 3.17. The Bertz CT molecular complexity index is 357. The molecule has 14 heavy (non-hydrogen) atoms. The second-order valence-corrected chi connectivity index (χ2v) is 4.33. The molecule has 1 aromatic carbocycles. The molecular weight excluding hydrogens is 197 g/mol. The zero-order valence-corrected chi connectivity index (χ0v) is 9.07. The standard InChI is InChI=1S/C11H12FNS/c1-3-9(7-13)14-10-4-5-11(12)8(2)6-10/h4-6,9H,3H2,1-2H3. The van der Waals surface area contributed by atoms with Crippen molar-refractivity contribution < 1.29 is 4.39 Å². The van der Waals surface area contributed by atoms with Crippen molar-refractivity contribution >= 4 is 11.8 Å². The van der Waals surface area contributed by atoms with Crippen LogP contribution < -0.4 is 0 Å². The number of halogens is 1. The van der Waals surface area contributed by atoms with Crippen LogP contribution in [0, 0.1) is 24.1 Å². The monoisotopic (exact) mass is 209 g/mol. The number of aryl methyl sites for hydroxylation is 1. The molecule has 1 unspecified atom stereocenters. The normalized spacial score (nSPS) is 12.1. The number of hydrogen-bond donors (Lipinski definition) is 0. The average Bonchev–Trinajstić information content (AvgIpc) is 2.19. The Hall–Kier alpha value is -1.01. The molecule has 0 saturated heterocycles. The van der Waals surface area contributed by atoms with E-state index in [9.17, 15) is 4.39 Å². The molecule has 1 rings (SSSR count). The lowest BCUT2D eigenvalue weighted by Crippen LogP contribution is -1.95. The quantitative estimate of drug-likeness (QED) is 0.711. The van der Waals surface area contributed by atoms with E-state index in [1.165, 1.54) is 17.8 Å². The molecule has 0 aliphatic heterocycles. The van der Waals surface area contributed by atoms with Crippen molar-refractivity contribution in [2.24, 2.45) is 0 Å². The van der Waals surface area contributed by atoms with E-state index < -0.39 is 0 Å². The van der Waals surface area contributed by atoms with Crippen LogP contribution in [-0.4, -0.2) is 5.25 Å². The van der Waals surface area contributed by atoms with Gasteiger partial charge in [-0.2, -0.15) is 5.26 Å². The maximum Gasteiger partial charge on any atom is 0.126 e. The molecule has 1 aromatic rings. The Labute approximate surface area is 87.9 Å². The van der Waals surface area contributed by atoms with Gasteiger partial charge in [-0.05, 0) is 37.1 Å². The van der Waals surface area contributed by atoms with Crippen molar-refractivity contribution in [1.82, 2.24) is 0 Å². The van der Waals surface area contributed by atoms with E-state index in [1.54, 1.807) is 19.1 Å². The Morgan fingerprint density at radius 3 is 2.79 bits per heavy atom. The summed E-state index contributed by atoms with van der Waals surface area (Å²) in [6, 6.07) is 7.14. The van der Waals surface area contributed by atoms with Crippen LogP contribution in [0.15, 0.2) is 23.1 Å². The number of nitriles is 1. The van der Waals surface area contributed by atoms with Gasteiger partial charge in [0.15, 0.2) is 0 Å². The summed E-state index contributed by atoms with van der Waals surface area (Å²) in [7, 11) is 0. The highest BCUT2D eigenvalue weighted by atomic mass is 32.2. The highest BCUT2D eigenvalue weighted by molar-refractivity contribution is 8.00. The van der Waals surface area contributed by atoms with Gasteiger partial charge in [0.05, 0.1) is 11.3 Å². The summed E-state index contributed by atoms with van der Waals surface area (Å²) < 4.78 is 12.9. The van der Waals surface area contributed by atoms with E-state index in [1.807, 2.05) is 6.92 Å². The lowest BCUT2D eigenvalue weighted by Gasteiger charge is -2.06. The van der Waals surface area contributed by atoms with Crippen LogP contribution in [0.3, 0.4) is 0 Å². The minimum absolute atomic E-state index is 0.0418. The average molecular weight is 209 g/mol. The van der Waals surface area contributed by atoms with Crippen molar-refractivity contribution in [1.29, 1.82) is 5.26 Å². The van der Waals surface area contributed by atoms with Gasteiger partial charge in [-0.15, -0.1) is 11.8 Å². The Morgan fingerprint density at radius 1 is 1.57 bits per heavy atom. The third kappa shape index (κ3) is 2.74. The van der Waals surface area contributed by atoms with Gasteiger partial charge < -0.3 is 0 Å². The topological polar surface area (TPSA) is 23.8 Å². The van der Waals surface area contributed by atoms with Crippen LogP contribution >= 0.6 is 11.8 Å². The van der Waals surface area contributed by atoms with Crippen LogP contribution in [-0.2, 0) is 0 Å². The van der Waals surface area contributed by atoms with E-state index in [-0.39, 0.29) is 11.1 Å². The first-order valence-electron chi connectivity index (χ1n) is 4.49. The lowest BCUT2D eigenvalue weighted by atomic mass is 10.2. The Morgan fingerprint density at radius 2 is 2.29 bits per heavy atom. The van der Waals surface area contributed by atoms with E-state index in [0.29, 0.717) is 5.56 Å². The molecular formula is C11H12FNS. The lowest BCUT2D eigenvalue weighted by molar-refractivity contribution is 0.617. The fraction of sp³-hybridized carbons (Fsp3) is 0.364. The molecule has 0 fully saturated rings. The van der Waals surface area contributed by atoms with Crippen LogP contribution in [0.5, 0.6) is 0 Å². The molecule has 1 nitrogen and oxygen atoms in total. The highest BCUT2D eigenvalue weighted by Crippen LogP contribution is 2.26. The smallest absolute Gasteiger partial charge is 0.126 e. The van der Waals surface area contributed by atoms with Gasteiger partial charge in [0.2, 0.25) is 0 Å². The van der Waals surface area contributed by atoms with Crippen molar-refractivity contribution in [3.05, 3.63) is 29.6 Å². The Kier molecular flexibility index (Phi) is 3.97. The molecule has 3 heteroatoms. The maximum absolute atomic E-state index is 12.9. The van der Waals surface area contributed by atoms with Crippen molar-refractivity contribution in [3.8, 4) is 6.07 Å². The van der Waals surface area contributed by atoms with E-state index in [2.05, 4.69) is 6.07 Å². The predicted octanol–water partition coefficient (Wildman–Crippen LogP) is 3.53. The van der Waals surface area contributed by atoms with Crippen molar-refractivity contribution in [2.45, 2.75) is 30.4 Å². The summed E-state index contributed by atoms with van der Waals surface area (Å²) >= 11 is 1.48. The molecule has 0 aliphatic carbocycles. The fourth-order valence-electron chi connectivity index (χ4n) is 1.06. The van der Waals surface area contributed by atoms with Gasteiger partial charge in [-0.3, -0.25) is 0 Å². The van der Waals surface area contributed by atoms with E-state index in [4.69, 9.17) is 5.26 Å². The minimum Gasteiger partial charge on any atom is -0.207 e. The van der Waals surface area contributed by atoms with Crippen LogP contribution in [0.25, 0.3) is 0 Å². The fourth-order valence-corrected chi connectivity index (χ4v) is 2.00. The molecule has 0 N–H and O–H groups in total. The first kappa shape index (κ1) is 11.1. The largest absolute Gasteiger partial charge is 0.207 e. The zero-order valence-electron chi connectivity index (χ0n) is 8.25. The van der Waals surface area contributed by atoms with Crippen LogP contribution in [0.2, 0.25) is 0 Å². The molecule has 0 amide bonds. The highest BCUT2D eigenvalue weighted by Gasteiger charge is 2.07. The number of hydrogen-bond acceptors (Lipinski definition) is 2. The van der Waals surface area contributed by atoms with Gasteiger partial charge in [0.25, 0.3) is 0 Å². The summed E-state index contributed by atoms with van der Waals surface area (Å²) in [4.78, 5) is 0.956. The molecule has 0 aromatic heterocycles. The summed E-state index contributed by atoms with van der Waals surface area (Å²) in [6.45, 7) is 3.70. The van der Waals surface area contributed by atoms with Gasteiger partial charge in [-0.1, -0.05) is 6.92 Å². The van der Waals surface area contributed by atoms with E-state index >= 15 is 0 Å². The minimum atomic E-state index is -0.195. The summed E-state index contributed by atoms with van der Waals surface area (Å²) in [5.41, 5.74) is 0.628. The van der Waals surface area contributed by atoms with Crippen molar-refractivity contribution in [2.75, 3.05) is 0 Å². The predicted molar refractivity (Wildman–Crippen MR) is 56.7 cm³/mol. The first-order valence-corrected chi connectivity index (χ1v) is 5.37. The van der Waals surface area contributed by atoms with E-state index in [0.717, 1.165) is 11.3 Å². The van der Waals surface area contributed by atoms with Gasteiger partial charge in [0.1, 0.15) is 5.82 Å². The molecule has 0 spiro atoms. The van der Waals surface area contributed by atoms with Crippen LogP contribution in [0.4, 0.5) is 4.39 Å².